The molecular weight excluding hydrogens is 122 g/mol. The summed E-state index contributed by atoms with van der Waals surface area (Å²) in [6.45, 7) is 0. The van der Waals surface area contributed by atoms with Crippen LogP contribution in [0.25, 0.3) is 0 Å². The van der Waals surface area contributed by atoms with Crippen LogP contribution in [-0.4, -0.2) is 21.8 Å². The van der Waals surface area contributed by atoms with Crippen molar-refractivity contribution in [3.8, 4) is 0 Å². The number of hydrogen-bond acceptors (Lipinski definition) is 2. The molecule has 4 nitrogen and oxygen atoms in total. The number of carbonyl (C=O) groups is 1. The molecule has 0 heterocycles. The largest absolute Gasteiger partial charge is 1.00 e. The van der Waals surface area contributed by atoms with Crippen LogP contribution in [0.4, 0.5) is 4.79 Å². The van der Waals surface area contributed by atoms with Gasteiger partial charge in [-0.1, -0.05) is 0 Å². The van der Waals surface area contributed by atoms with E-state index in [1.165, 1.54) is 0 Å². The third kappa shape index (κ3) is 131. The Balaban J connectivity index is -0.00000000750. The third-order valence-corrected chi connectivity index (χ3v) is 0. The van der Waals surface area contributed by atoms with E-state index in [0.717, 1.165) is 0 Å². The fourth-order valence-electron chi connectivity index (χ4n) is 0. The van der Waals surface area contributed by atoms with Crippen molar-refractivity contribution in [3.05, 3.63) is 0 Å². The van der Waals surface area contributed by atoms with Crippen molar-refractivity contribution in [1.82, 2.24) is 0 Å². The maximum absolute atomic E-state index is 8.56. The van der Waals surface area contributed by atoms with E-state index in [4.69, 9.17) is 15.0 Å². The van der Waals surface area contributed by atoms with Gasteiger partial charge in [0.15, 0.2) is 0 Å². The molecule has 0 atom stereocenters. The van der Waals surface area contributed by atoms with Gasteiger partial charge in [-0.3, -0.25) is 0 Å². The molecule has 0 radical (unpaired) electrons. The van der Waals surface area contributed by atoms with Gasteiger partial charge in [0, 0.05) is 0 Å². The Kier molecular flexibility index (Phi) is 53.9. The molecule has 0 aliphatic carbocycles. The first kappa shape index (κ1) is 24.0. The number of hydrogen-bond donors (Lipinski definition) is 2. The molecular formula is CH4Na2O4. The summed E-state index contributed by atoms with van der Waals surface area (Å²) < 4.78 is 0. The second-order valence-corrected chi connectivity index (χ2v) is 0.283. The van der Waals surface area contributed by atoms with Crippen LogP contribution in [0.15, 0.2) is 0 Å². The average Bonchev–Trinajstić information content (AvgIpc) is 0.811. The Morgan fingerprint density at radius 1 is 1.29 bits per heavy atom. The van der Waals surface area contributed by atoms with Crippen LogP contribution in [0.5, 0.6) is 0 Å². The summed E-state index contributed by atoms with van der Waals surface area (Å²) >= 11 is 0. The first-order valence-electron chi connectivity index (χ1n) is 0.651. The molecule has 0 spiro atoms. The molecule has 0 bridgehead atoms. The van der Waals surface area contributed by atoms with Gasteiger partial charge in [0.2, 0.25) is 0 Å². The zero-order valence-electron chi connectivity index (χ0n) is 5.25. The fourth-order valence-corrected chi connectivity index (χ4v) is 0. The Bertz CT molecular complexity index is 37.0. The van der Waals surface area contributed by atoms with Gasteiger partial charge in [-0.25, -0.2) is 4.79 Å². The first-order chi connectivity index (χ1) is 1.73. The van der Waals surface area contributed by atoms with Crippen molar-refractivity contribution in [1.29, 1.82) is 0 Å². The van der Waals surface area contributed by atoms with Crippen LogP contribution in [0.2, 0.25) is 0 Å². The van der Waals surface area contributed by atoms with Crippen molar-refractivity contribution >= 4 is 6.16 Å². The van der Waals surface area contributed by atoms with E-state index >= 15 is 0 Å². The maximum atomic E-state index is 8.56. The molecule has 7 heavy (non-hydrogen) atoms. The van der Waals surface area contributed by atoms with Gasteiger partial charge in [0.25, 0.3) is 0 Å². The van der Waals surface area contributed by atoms with Crippen molar-refractivity contribution < 1.29 is 81.0 Å². The van der Waals surface area contributed by atoms with Gasteiger partial charge in [-0.05, 0) is 0 Å². The van der Waals surface area contributed by atoms with Crippen molar-refractivity contribution in [3.63, 3.8) is 0 Å². The summed E-state index contributed by atoms with van der Waals surface area (Å²) in [6.07, 6.45) is -1.83. The standard InChI is InChI=1S/CH2O3.2Na.H2O.H/c2-1(3)4;;;;/h(H2,2,3,4);;;1H2;/q;2*+1;;-1/p-1. The van der Waals surface area contributed by atoms with E-state index in [0.29, 0.717) is 0 Å². The minimum Gasteiger partial charge on any atom is -1.00 e. The van der Waals surface area contributed by atoms with Gasteiger partial charge in [-0.15, -0.1) is 0 Å². The first-order valence-corrected chi connectivity index (χ1v) is 0.651. The Morgan fingerprint density at radius 3 is 1.29 bits per heavy atom. The average molecular weight is 126 g/mol. The van der Waals surface area contributed by atoms with E-state index < -0.39 is 6.16 Å². The van der Waals surface area contributed by atoms with Crippen LogP contribution >= 0.6 is 0 Å². The SMILES string of the molecule is O=C(O)O.[H-].[Na+].[Na+].[OH-]. The molecule has 0 aliphatic heterocycles. The summed E-state index contributed by atoms with van der Waals surface area (Å²) in [6, 6.07) is 0. The zero-order chi connectivity index (χ0) is 3.58. The van der Waals surface area contributed by atoms with Gasteiger partial charge < -0.3 is 17.1 Å². The summed E-state index contributed by atoms with van der Waals surface area (Å²) in [7, 11) is 0. The van der Waals surface area contributed by atoms with E-state index in [1.807, 2.05) is 0 Å². The Labute approximate surface area is 86.3 Å². The topological polar surface area (TPSA) is 87.5 Å². The van der Waals surface area contributed by atoms with E-state index in [2.05, 4.69) is 0 Å². The second kappa shape index (κ2) is 15.7. The van der Waals surface area contributed by atoms with Gasteiger partial charge in [0.05, 0.1) is 0 Å². The molecule has 0 aromatic rings. The number of carboxylic acid groups (broad SMARTS) is 2. The summed E-state index contributed by atoms with van der Waals surface area (Å²) in [5.74, 6) is 0. The molecule has 0 rings (SSSR count). The number of rotatable bonds is 0. The maximum Gasteiger partial charge on any atom is 1.00 e. The minimum absolute atomic E-state index is 0. The third-order valence-electron chi connectivity index (χ3n) is 0. The molecule has 3 N–H and O–H groups in total. The van der Waals surface area contributed by atoms with Gasteiger partial charge >= 0.3 is 65.3 Å². The van der Waals surface area contributed by atoms with Gasteiger partial charge in [0.1, 0.15) is 0 Å². The molecule has 0 aliphatic rings. The molecule has 0 saturated heterocycles. The van der Waals surface area contributed by atoms with Crippen LogP contribution < -0.4 is 59.1 Å². The molecule has 6 heteroatoms. The van der Waals surface area contributed by atoms with Crippen molar-refractivity contribution in [2.45, 2.75) is 0 Å². The predicted octanol–water partition coefficient (Wildman–Crippen LogP) is -5.83. The minimum atomic E-state index is -1.83. The molecule has 0 amide bonds. The summed E-state index contributed by atoms with van der Waals surface area (Å²) in [5.41, 5.74) is 0. The molecule has 0 fully saturated rings. The quantitative estimate of drug-likeness (QED) is 0.316. The molecule has 0 saturated carbocycles. The van der Waals surface area contributed by atoms with Crippen molar-refractivity contribution in [2.75, 3.05) is 0 Å². The predicted molar refractivity (Wildman–Crippen MR) is 13.7 cm³/mol. The van der Waals surface area contributed by atoms with Crippen LogP contribution in [0.3, 0.4) is 0 Å². The van der Waals surface area contributed by atoms with Crippen molar-refractivity contribution in [2.24, 2.45) is 0 Å². The van der Waals surface area contributed by atoms with E-state index in [9.17, 15) is 0 Å². The van der Waals surface area contributed by atoms with E-state index in [1.54, 1.807) is 0 Å². The van der Waals surface area contributed by atoms with Crippen LogP contribution in [-0.2, 0) is 0 Å². The van der Waals surface area contributed by atoms with Gasteiger partial charge in [-0.2, -0.15) is 0 Å². The van der Waals surface area contributed by atoms with Crippen LogP contribution in [0.1, 0.15) is 1.43 Å². The fraction of sp³-hybridized carbons (Fsp3) is 0. The smallest absolute Gasteiger partial charge is 1.00 e. The summed E-state index contributed by atoms with van der Waals surface area (Å²) in [5, 5.41) is 13.9. The summed E-state index contributed by atoms with van der Waals surface area (Å²) in [4.78, 5) is 8.56. The molecule has 0 aromatic carbocycles. The molecule has 34 valence electrons. The molecule has 0 unspecified atom stereocenters. The zero-order valence-corrected chi connectivity index (χ0v) is 8.25. The van der Waals surface area contributed by atoms with E-state index in [-0.39, 0.29) is 66.0 Å². The Morgan fingerprint density at radius 2 is 1.29 bits per heavy atom. The normalized spacial score (nSPS) is 3.43. The molecule has 0 aromatic heterocycles. The monoisotopic (exact) mass is 126 g/mol. The second-order valence-electron chi connectivity index (χ2n) is 0.283. The Hall–Kier alpha value is 1.23. The van der Waals surface area contributed by atoms with Crippen LogP contribution in [0, 0.1) is 0 Å².